The van der Waals surface area contributed by atoms with E-state index in [1.165, 1.54) is 9.13 Å². The van der Waals surface area contributed by atoms with E-state index in [-0.39, 0.29) is 11.2 Å². The second kappa shape index (κ2) is 4.85. The van der Waals surface area contributed by atoms with E-state index in [4.69, 9.17) is 0 Å². The first-order valence-electron chi connectivity index (χ1n) is 6.48. The van der Waals surface area contributed by atoms with Crippen LogP contribution in [0.4, 0.5) is 0 Å². The predicted molar refractivity (Wildman–Crippen MR) is 77.9 cm³/mol. The lowest BCUT2D eigenvalue weighted by Gasteiger charge is -2.10. The maximum absolute atomic E-state index is 12.4. The van der Waals surface area contributed by atoms with E-state index >= 15 is 0 Å². The first-order chi connectivity index (χ1) is 9.68. The van der Waals surface area contributed by atoms with Crippen molar-refractivity contribution < 1.29 is 0 Å². The average Bonchev–Trinajstić information content (AvgIpc) is 2.98. The Kier molecular flexibility index (Phi) is 3.02. The quantitative estimate of drug-likeness (QED) is 0.717. The normalized spacial score (nSPS) is 11.1. The molecule has 0 saturated carbocycles. The molecule has 0 aliphatic carbocycles. The summed E-state index contributed by atoms with van der Waals surface area (Å²) < 4.78 is 4.76. The minimum atomic E-state index is -0.277. The molecule has 5 nitrogen and oxygen atoms in total. The molecule has 5 heteroatoms. The van der Waals surface area contributed by atoms with Gasteiger partial charge in [0.05, 0.1) is 10.9 Å². The highest BCUT2D eigenvalue weighted by molar-refractivity contribution is 5.77. The Morgan fingerprint density at radius 1 is 0.950 bits per heavy atom. The van der Waals surface area contributed by atoms with Gasteiger partial charge in [0.25, 0.3) is 5.56 Å². The molecule has 3 rings (SSSR count). The van der Waals surface area contributed by atoms with Gasteiger partial charge in [0.15, 0.2) is 0 Å². The van der Waals surface area contributed by atoms with Gasteiger partial charge in [-0.1, -0.05) is 12.1 Å². The standard InChI is InChI=1S/C15H15N3O2/c1-16-13-7-3-2-6-12(13)14(19)18(15(16)20)11-10-17-8-4-5-9-17/h2-9H,10-11H2,1H3. The summed E-state index contributed by atoms with van der Waals surface area (Å²) in [6.07, 6.45) is 3.83. The summed E-state index contributed by atoms with van der Waals surface area (Å²) in [5.41, 5.74) is 0.163. The third-order valence-electron chi connectivity index (χ3n) is 3.51. The summed E-state index contributed by atoms with van der Waals surface area (Å²) in [6.45, 7) is 0.964. The van der Waals surface area contributed by atoms with Crippen LogP contribution in [-0.4, -0.2) is 13.7 Å². The summed E-state index contributed by atoms with van der Waals surface area (Å²) in [5.74, 6) is 0. The van der Waals surface area contributed by atoms with Crippen molar-refractivity contribution in [3.05, 3.63) is 69.6 Å². The van der Waals surface area contributed by atoms with Crippen molar-refractivity contribution in [2.24, 2.45) is 7.05 Å². The van der Waals surface area contributed by atoms with E-state index in [9.17, 15) is 9.59 Å². The molecule has 0 bridgehead atoms. The zero-order valence-electron chi connectivity index (χ0n) is 11.2. The molecule has 0 fully saturated rings. The number of para-hydroxylation sites is 1. The highest BCUT2D eigenvalue weighted by atomic mass is 16.2. The molecule has 102 valence electrons. The van der Waals surface area contributed by atoms with Gasteiger partial charge in [0, 0.05) is 32.5 Å². The van der Waals surface area contributed by atoms with Crippen molar-refractivity contribution in [1.29, 1.82) is 0 Å². The highest BCUT2D eigenvalue weighted by Gasteiger charge is 2.09. The highest BCUT2D eigenvalue weighted by Crippen LogP contribution is 2.05. The number of nitrogens with zero attached hydrogens (tertiary/aromatic N) is 3. The predicted octanol–water partition coefficient (Wildman–Crippen LogP) is 1.20. The third kappa shape index (κ3) is 1.97. The van der Waals surface area contributed by atoms with Crippen molar-refractivity contribution in [1.82, 2.24) is 13.7 Å². The van der Waals surface area contributed by atoms with E-state index in [0.29, 0.717) is 24.0 Å². The van der Waals surface area contributed by atoms with Gasteiger partial charge in [0.1, 0.15) is 0 Å². The van der Waals surface area contributed by atoms with E-state index in [0.717, 1.165) is 0 Å². The second-order valence-corrected chi connectivity index (χ2v) is 4.74. The summed E-state index contributed by atoms with van der Waals surface area (Å²) in [7, 11) is 1.69. The van der Waals surface area contributed by atoms with E-state index in [2.05, 4.69) is 0 Å². The van der Waals surface area contributed by atoms with Crippen molar-refractivity contribution in [3.63, 3.8) is 0 Å². The lowest BCUT2D eigenvalue weighted by Crippen LogP contribution is -2.39. The van der Waals surface area contributed by atoms with Crippen molar-refractivity contribution >= 4 is 10.9 Å². The number of aromatic nitrogens is 3. The molecule has 0 unspecified atom stereocenters. The Morgan fingerprint density at radius 2 is 1.65 bits per heavy atom. The largest absolute Gasteiger partial charge is 0.352 e. The number of hydrogen-bond acceptors (Lipinski definition) is 2. The minimum Gasteiger partial charge on any atom is -0.352 e. The fraction of sp³-hybridized carbons (Fsp3) is 0.200. The second-order valence-electron chi connectivity index (χ2n) is 4.74. The van der Waals surface area contributed by atoms with Gasteiger partial charge in [-0.15, -0.1) is 0 Å². The van der Waals surface area contributed by atoms with Crippen LogP contribution in [0.25, 0.3) is 10.9 Å². The molecular formula is C15H15N3O2. The molecule has 0 spiro atoms. The smallest absolute Gasteiger partial charge is 0.331 e. The van der Waals surface area contributed by atoms with Crippen LogP contribution >= 0.6 is 0 Å². The van der Waals surface area contributed by atoms with Gasteiger partial charge in [-0.3, -0.25) is 13.9 Å². The molecule has 0 saturated heterocycles. The number of rotatable bonds is 3. The van der Waals surface area contributed by atoms with Crippen LogP contribution in [0.15, 0.2) is 58.4 Å². The Hall–Kier alpha value is -2.56. The Morgan fingerprint density at radius 3 is 2.40 bits per heavy atom. The zero-order chi connectivity index (χ0) is 14.1. The molecule has 1 aromatic carbocycles. The molecule has 0 amide bonds. The first-order valence-corrected chi connectivity index (χ1v) is 6.48. The Balaban J connectivity index is 2.11. The molecule has 0 atom stereocenters. The fourth-order valence-electron chi connectivity index (χ4n) is 2.40. The summed E-state index contributed by atoms with van der Waals surface area (Å²) >= 11 is 0. The average molecular weight is 269 g/mol. The van der Waals surface area contributed by atoms with E-state index in [1.807, 2.05) is 41.2 Å². The van der Waals surface area contributed by atoms with Crippen LogP contribution < -0.4 is 11.2 Å². The molecule has 2 heterocycles. The van der Waals surface area contributed by atoms with Gasteiger partial charge in [0.2, 0.25) is 0 Å². The van der Waals surface area contributed by atoms with Crippen LogP contribution in [-0.2, 0) is 20.1 Å². The lowest BCUT2D eigenvalue weighted by molar-refractivity contribution is 0.534. The molecule has 3 aromatic rings. The molecule has 0 aliphatic rings. The first kappa shape index (κ1) is 12.5. The monoisotopic (exact) mass is 269 g/mol. The summed E-state index contributed by atoms with van der Waals surface area (Å²) in [4.78, 5) is 24.7. The lowest BCUT2D eigenvalue weighted by atomic mass is 10.2. The maximum atomic E-state index is 12.4. The van der Waals surface area contributed by atoms with Crippen molar-refractivity contribution in [2.75, 3.05) is 0 Å². The third-order valence-corrected chi connectivity index (χ3v) is 3.51. The zero-order valence-corrected chi connectivity index (χ0v) is 11.2. The van der Waals surface area contributed by atoms with E-state index in [1.54, 1.807) is 19.2 Å². The van der Waals surface area contributed by atoms with Gasteiger partial charge in [-0.05, 0) is 24.3 Å². The van der Waals surface area contributed by atoms with Gasteiger partial charge in [-0.2, -0.15) is 0 Å². The molecule has 2 aromatic heterocycles. The van der Waals surface area contributed by atoms with Gasteiger partial charge < -0.3 is 4.57 Å². The summed E-state index contributed by atoms with van der Waals surface area (Å²) in [5, 5.41) is 0.571. The SMILES string of the molecule is Cn1c(=O)n(CCn2cccc2)c(=O)c2ccccc21. The molecular weight excluding hydrogens is 254 g/mol. The van der Waals surface area contributed by atoms with Gasteiger partial charge in [-0.25, -0.2) is 4.79 Å². The number of benzene rings is 1. The van der Waals surface area contributed by atoms with Gasteiger partial charge >= 0.3 is 5.69 Å². The summed E-state index contributed by atoms with van der Waals surface area (Å²) in [6, 6.07) is 11.0. The Labute approximate surface area is 115 Å². The topological polar surface area (TPSA) is 48.9 Å². The number of hydrogen-bond donors (Lipinski definition) is 0. The number of aryl methyl sites for hydroxylation is 2. The van der Waals surface area contributed by atoms with Crippen LogP contribution in [0.1, 0.15) is 0 Å². The van der Waals surface area contributed by atoms with Crippen molar-refractivity contribution in [2.45, 2.75) is 13.1 Å². The van der Waals surface area contributed by atoms with Crippen LogP contribution in [0.2, 0.25) is 0 Å². The number of fused-ring (bicyclic) bond motifs is 1. The van der Waals surface area contributed by atoms with Crippen LogP contribution in [0, 0.1) is 0 Å². The van der Waals surface area contributed by atoms with Crippen LogP contribution in [0.3, 0.4) is 0 Å². The minimum absolute atomic E-state index is 0.226. The molecule has 0 aliphatic heterocycles. The maximum Gasteiger partial charge on any atom is 0.331 e. The van der Waals surface area contributed by atoms with Crippen molar-refractivity contribution in [3.8, 4) is 0 Å². The van der Waals surface area contributed by atoms with E-state index < -0.39 is 0 Å². The fourth-order valence-corrected chi connectivity index (χ4v) is 2.40. The van der Waals surface area contributed by atoms with Crippen LogP contribution in [0.5, 0.6) is 0 Å². The molecule has 0 N–H and O–H groups in total. The molecule has 20 heavy (non-hydrogen) atoms. The molecule has 0 radical (unpaired) electrons. The Bertz CT molecular complexity index is 857.